The number of carbonyl (C=O) groups is 1. The molecule has 0 aliphatic rings. The van der Waals surface area contributed by atoms with Gasteiger partial charge in [0.1, 0.15) is 0 Å². The van der Waals surface area contributed by atoms with Gasteiger partial charge in [0.25, 0.3) is 0 Å². The van der Waals surface area contributed by atoms with Crippen molar-refractivity contribution in [3.05, 3.63) is 12.2 Å². The topological polar surface area (TPSA) is 26.3 Å². The van der Waals surface area contributed by atoms with E-state index in [9.17, 15) is 4.79 Å². The van der Waals surface area contributed by atoms with E-state index in [0.29, 0.717) is 6.42 Å². The zero-order chi connectivity index (χ0) is 22.5. The second-order valence-corrected chi connectivity index (χ2v) is 6.54. The van der Waals surface area contributed by atoms with Crippen LogP contribution in [-0.4, -0.2) is 13.1 Å². The van der Waals surface area contributed by atoms with Crippen molar-refractivity contribution in [3.63, 3.8) is 0 Å². The Morgan fingerprint density at radius 1 is 0.786 bits per heavy atom. The third kappa shape index (κ3) is 36.2. The van der Waals surface area contributed by atoms with E-state index in [2.05, 4.69) is 30.7 Å². The van der Waals surface area contributed by atoms with Gasteiger partial charge in [0.05, 0.1) is 7.11 Å². The number of hydrogen-bond donors (Lipinski definition) is 0. The van der Waals surface area contributed by atoms with Crippen LogP contribution in [0.3, 0.4) is 0 Å². The van der Waals surface area contributed by atoms with Crippen LogP contribution in [0.5, 0.6) is 0 Å². The van der Waals surface area contributed by atoms with Crippen LogP contribution in [0.1, 0.15) is 139 Å². The molecule has 0 amide bonds. The van der Waals surface area contributed by atoms with Crippen molar-refractivity contribution in [2.75, 3.05) is 7.11 Å². The number of esters is 1. The van der Waals surface area contributed by atoms with E-state index >= 15 is 0 Å². The lowest BCUT2D eigenvalue weighted by Crippen LogP contribution is -1.99. The molecule has 0 aromatic heterocycles. The molecule has 1 atom stereocenters. The lowest BCUT2D eigenvalue weighted by molar-refractivity contribution is -0.140. The highest BCUT2D eigenvalue weighted by molar-refractivity contribution is 5.68. The molecule has 172 valence electrons. The molecule has 2 nitrogen and oxygen atoms in total. The van der Waals surface area contributed by atoms with Gasteiger partial charge < -0.3 is 4.74 Å². The summed E-state index contributed by atoms with van der Waals surface area (Å²) in [6.45, 7) is 16.6. The van der Waals surface area contributed by atoms with E-state index in [1.54, 1.807) is 0 Å². The molecule has 0 saturated carbocycles. The van der Waals surface area contributed by atoms with E-state index in [1.165, 1.54) is 71.3 Å². The number of hydrogen-bond acceptors (Lipinski definition) is 2. The summed E-state index contributed by atoms with van der Waals surface area (Å²) < 4.78 is 4.63. The average molecular weight is 401 g/mol. The molecule has 0 fully saturated rings. The SMILES string of the molecule is CC.CC.CC.CCCCCCC(C)C/C=C\CCCCCCCC(=O)OC. The fourth-order valence-corrected chi connectivity index (χ4v) is 2.65. The fourth-order valence-electron chi connectivity index (χ4n) is 2.65. The first kappa shape index (κ1) is 34.7. The fraction of sp³-hybridized carbons (Fsp3) is 0.885. The zero-order valence-corrected chi connectivity index (χ0v) is 21.2. The molecular weight excluding hydrogens is 344 g/mol. The molecular formula is C26H56O2. The summed E-state index contributed by atoms with van der Waals surface area (Å²) in [5, 5.41) is 0. The van der Waals surface area contributed by atoms with Crippen LogP contribution in [0, 0.1) is 5.92 Å². The van der Waals surface area contributed by atoms with Crippen molar-refractivity contribution in [3.8, 4) is 0 Å². The molecule has 0 bridgehead atoms. The van der Waals surface area contributed by atoms with Crippen molar-refractivity contribution in [1.82, 2.24) is 0 Å². The van der Waals surface area contributed by atoms with Crippen LogP contribution >= 0.6 is 0 Å². The maximum atomic E-state index is 10.9. The molecule has 0 radical (unpaired) electrons. The standard InChI is InChI=1S/C20H38O2.3C2H6/c1-4-5-6-13-16-19(2)17-14-11-9-7-8-10-12-15-18-20(21)22-3;3*1-2/h11,14,19H,4-10,12-13,15-18H2,1-3H3;3*1-2H3/b14-11-;;;. The molecule has 1 unspecified atom stereocenters. The molecule has 0 aliphatic carbocycles. The summed E-state index contributed by atoms with van der Waals surface area (Å²) in [6.07, 6.45) is 20.6. The number of carbonyl (C=O) groups excluding carboxylic acids is 1. The molecule has 0 aromatic carbocycles. The summed E-state index contributed by atoms with van der Waals surface area (Å²) in [7, 11) is 1.46. The number of unbranched alkanes of at least 4 members (excludes halogenated alkanes) is 8. The molecule has 0 aliphatic heterocycles. The van der Waals surface area contributed by atoms with Gasteiger partial charge in [-0.1, -0.05) is 119 Å². The lowest BCUT2D eigenvalue weighted by Gasteiger charge is -2.07. The van der Waals surface area contributed by atoms with Gasteiger partial charge in [-0.05, 0) is 31.6 Å². The van der Waals surface area contributed by atoms with Gasteiger partial charge in [0, 0.05) is 6.42 Å². The summed E-state index contributed by atoms with van der Waals surface area (Å²) in [4.78, 5) is 10.9. The first-order chi connectivity index (χ1) is 13.7. The Balaban J connectivity index is -0.000000434. The van der Waals surface area contributed by atoms with Crippen LogP contribution < -0.4 is 0 Å². The molecule has 0 heterocycles. The van der Waals surface area contributed by atoms with Gasteiger partial charge >= 0.3 is 5.97 Å². The van der Waals surface area contributed by atoms with Crippen LogP contribution in [0.4, 0.5) is 0 Å². The molecule has 0 rings (SSSR count). The largest absolute Gasteiger partial charge is 0.469 e. The first-order valence-corrected chi connectivity index (χ1v) is 12.4. The quantitative estimate of drug-likeness (QED) is 0.155. The molecule has 2 heteroatoms. The van der Waals surface area contributed by atoms with Gasteiger partial charge in [-0.3, -0.25) is 4.79 Å². The Morgan fingerprint density at radius 3 is 1.89 bits per heavy atom. The van der Waals surface area contributed by atoms with Crippen LogP contribution in [0.15, 0.2) is 12.2 Å². The van der Waals surface area contributed by atoms with E-state index in [4.69, 9.17) is 0 Å². The second-order valence-electron chi connectivity index (χ2n) is 6.54. The average Bonchev–Trinajstić information content (AvgIpc) is 2.76. The number of rotatable bonds is 15. The molecule has 0 saturated heterocycles. The smallest absolute Gasteiger partial charge is 0.305 e. The van der Waals surface area contributed by atoms with Gasteiger partial charge in [-0.25, -0.2) is 0 Å². The van der Waals surface area contributed by atoms with Gasteiger partial charge in [-0.2, -0.15) is 0 Å². The number of allylic oxidation sites excluding steroid dienone is 2. The second kappa shape index (κ2) is 37.0. The molecule has 0 spiro atoms. The maximum Gasteiger partial charge on any atom is 0.305 e. The molecule has 0 aromatic rings. The predicted octanol–water partition coefficient (Wildman–Crippen LogP) is 9.52. The summed E-state index contributed by atoms with van der Waals surface area (Å²) in [5.74, 6) is 0.762. The Hall–Kier alpha value is -0.790. The monoisotopic (exact) mass is 400 g/mol. The number of ether oxygens (including phenoxy) is 1. The van der Waals surface area contributed by atoms with Crippen LogP contribution in [0.25, 0.3) is 0 Å². The van der Waals surface area contributed by atoms with Gasteiger partial charge in [-0.15, -0.1) is 0 Å². The Morgan fingerprint density at radius 2 is 1.32 bits per heavy atom. The van der Waals surface area contributed by atoms with E-state index in [-0.39, 0.29) is 5.97 Å². The first-order valence-electron chi connectivity index (χ1n) is 12.4. The van der Waals surface area contributed by atoms with Gasteiger partial charge in [0.15, 0.2) is 0 Å². The van der Waals surface area contributed by atoms with Gasteiger partial charge in [0.2, 0.25) is 0 Å². The number of methoxy groups -OCH3 is 1. The minimum absolute atomic E-state index is 0.0771. The van der Waals surface area contributed by atoms with E-state index in [0.717, 1.165) is 18.8 Å². The Bertz CT molecular complexity index is 272. The van der Waals surface area contributed by atoms with Crippen molar-refractivity contribution < 1.29 is 9.53 Å². The zero-order valence-electron chi connectivity index (χ0n) is 21.2. The van der Waals surface area contributed by atoms with Crippen molar-refractivity contribution in [1.29, 1.82) is 0 Å². The highest BCUT2D eigenvalue weighted by Gasteiger charge is 2.00. The molecule has 28 heavy (non-hydrogen) atoms. The minimum Gasteiger partial charge on any atom is -0.469 e. The Labute approximate surface area is 179 Å². The van der Waals surface area contributed by atoms with Crippen molar-refractivity contribution in [2.45, 2.75) is 139 Å². The van der Waals surface area contributed by atoms with Crippen molar-refractivity contribution in [2.24, 2.45) is 5.92 Å². The van der Waals surface area contributed by atoms with E-state index in [1.807, 2.05) is 41.5 Å². The van der Waals surface area contributed by atoms with Crippen LogP contribution in [-0.2, 0) is 9.53 Å². The Kier molecular flexibility index (Phi) is 45.9. The normalized spacial score (nSPS) is 10.6. The molecule has 0 N–H and O–H groups in total. The summed E-state index contributed by atoms with van der Waals surface area (Å²) in [5.41, 5.74) is 0. The highest BCUT2D eigenvalue weighted by atomic mass is 16.5. The van der Waals surface area contributed by atoms with Crippen molar-refractivity contribution >= 4 is 5.97 Å². The maximum absolute atomic E-state index is 10.9. The third-order valence-corrected chi connectivity index (χ3v) is 4.23. The van der Waals surface area contributed by atoms with Crippen LogP contribution in [0.2, 0.25) is 0 Å². The minimum atomic E-state index is -0.0771. The lowest BCUT2D eigenvalue weighted by atomic mass is 9.99. The summed E-state index contributed by atoms with van der Waals surface area (Å²) >= 11 is 0. The van der Waals surface area contributed by atoms with E-state index < -0.39 is 0 Å². The predicted molar refractivity (Wildman–Crippen MR) is 130 cm³/mol. The third-order valence-electron chi connectivity index (χ3n) is 4.23. The highest BCUT2D eigenvalue weighted by Crippen LogP contribution is 2.15. The summed E-state index contributed by atoms with van der Waals surface area (Å²) in [6, 6.07) is 0.